The van der Waals surface area contributed by atoms with E-state index < -0.39 is 4.92 Å². The standard InChI is InChI=1S/C17H23N3O3/c1-19(2)17(11-5-6-12-17)13-18-16(21)10-9-14-7-3-4-8-15(14)20(22)23/h3-4,7-10H,5-6,11-13H2,1-2H3,(H,18,21)/b10-9+. The van der Waals surface area contributed by atoms with Crippen molar-refractivity contribution in [2.45, 2.75) is 31.2 Å². The number of hydrogen-bond donors (Lipinski definition) is 1. The maximum atomic E-state index is 12.0. The van der Waals surface area contributed by atoms with E-state index in [1.165, 1.54) is 31.1 Å². The van der Waals surface area contributed by atoms with Crippen LogP contribution in [0.5, 0.6) is 0 Å². The minimum absolute atomic E-state index is 0.00268. The maximum Gasteiger partial charge on any atom is 0.276 e. The highest BCUT2D eigenvalue weighted by Crippen LogP contribution is 2.33. The average Bonchev–Trinajstić information content (AvgIpc) is 3.01. The third-order valence-corrected chi connectivity index (χ3v) is 4.62. The summed E-state index contributed by atoms with van der Waals surface area (Å²) >= 11 is 0. The molecule has 0 saturated heterocycles. The minimum Gasteiger partial charge on any atom is -0.351 e. The Labute approximate surface area is 136 Å². The van der Waals surface area contributed by atoms with Crippen LogP contribution >= 0.6 is 0 Å². The molecule has 0 unspecified atom stereocenters. The van der Waals surface area contributed by atoms with Crippen LogP contribution in [-0.2, 0) is 4.79 Å². The molecule has 1 N–H and O–H groups in total. The van der Waals surface area contributed by atoms with Crippen LogP contribution in [-0.4, -0.2) is 41.9 Å². The lowest BCUT2D eigenvalue weighted by Gasteiger charge is -2.36. The second-order valence-corrected chi connectivity index (χ2v) is 6.19. The highest BCUT2D eigenvalue weighted by molar-refractivity contribution is 5.92. The Morgan fingerprint density at radius 2 is 2.00 bits per heavy atom. The Bertz CT molecular complexity index is 605. The van der Waals surface area contributed by atoms with Gasteiger partial charge in [-0.3, -0.25) is 14.9 Å². The summed E-state index contributed by atoms with van der Waals surface area (Å²) in [5.41, 5.74) is 0.454. The quantitative estimate of drug-likeness (QED) is 0.497. The van der Waals surface area contributed by atoms with Crippen molar-refractivity contribution in [3.63, 3.8) is 0 Å². The zero-order chi connectivity index (χ0) is 16.9. The molecule has 0 aromatic heterocycles. The molecule has 1 aliphatic carbocycles. The first-order chi connectivity index (χ1) is 10.9. The number of para-hydroxylation sites is 1. The number of nitrogens with one attached hydrogen (secondary N) is 1. The molecule has 1 amide bonds. The van der Waals surface area contributed by atoms with Crippen molar-refractivity contribution in [1.82, 2.24) is 10.2 Å². The molecule has 0 heterocycles. The van der Waals surface area contributed by atoms with Crippen molar-refractivity contribution >= 4 is 17.7 Å². The fraction of sp³-hybridized carbons (Fsp3) is 0.471. The van der Waals surface area contributed by atoms with E-state index in [4.69, 9.17) is 0 Å². The van der Waals surface area contributed by atoms with Gasteiger partial charge in [-0.05, 0) is 39.1 Å². The van der Waals surface area contributed by atoms with Crippen LogP contribution in [0.2, 0.25) is 0 Å². The molecule has 2 rings (SSSR count). The number of nitro groups is 1. The SMILES string of the molecule is CN(C)C1(CNC(=O)/C=C/c2ccccc2[N+](=O)[O-])CCCC1. The molecule has 1 fully saturated rings. The molecule has 1 aliphatic rings. The minimum atomic E-state index is -0.447. The van der Waals surface area contributed by atoms with Gasteiger partial charge in [-0.25, -0.2) is 0 Å². The molecule has 0 aliphatic heterocycles. The molecule has 0 radical (unpaired) electrons. The van der Waals surface area contributed by atoms with Crippen LogP contribution in [0.1, 0.15) is 31.2 Å². The normalized spacial score (nSPS) is 16.8. The van der Waals surface area contributed by atoms with Crippen molar-refractivity contribution in [3.8, 4) is 0 Å². The van der Waals surface area contributed by atoms with Gasteiger partial charge < -0.3 is 10.2 Å². The van der Waals surface area contributed by atoms with E-state index in [1.807, 2.05) is 14.1 Å². The van der Waals surface area contributed by atoms with E-state index in [2.05, 4.69) is 10.2 Å². The van der Waals surface area contributed by atoms with Gasteiger partial charge in [0.05, 0.1) is 10.5 Å². The molecular weight excluding hydrogens is 294 g/mol. The maximum absolute atomic E-state index is 12.0. The van der Waals surface area contributed by atoms with E-state index in [0.29, 0.717) is 12.1 Å². The lowest BCUT2D eigenvalue weighted by molar-refractivity contribution is -0.385. The highest BCUT2D eigenvalue weighted by Gasteiger charge is 2.35. The van der Waals surface area contributed by atoms with Crippen LogP contribution in [0.15, 0.2) is 30.3 Å². The molecular formula is C17H23N3O3. The molecule has 0 spiro atoms. The fourth-order valence-corrected chi connectivity index (χ4v) is 3.09. The van der Waals surface area contributed by atoms with E-state index >= 15 is 0 Å². The van der Waals surface area contributed by atoms with Gasteiger partial charge in [0.15, 0.2) is 0 Å². The van der Waals surface area contributed by atoms with Crippen molar-refractivity contribution < 1.29 is 9.72 Å². The molecule has 124 valence electrons. The number of likely N-dealkylation sites (N-methyl/N-ethyl adjacent to an activating group) is 1. The van der Waals surface area contributed by atoms with Crippen LogP contribution in [0, 0.1) is 10.1 Å². The van der Waals surface area contributed by atoms with Gasteiger partial charge in [0.25, 0.3) is 5.69 Å². The summed E-state index contributed by atoms with van der Waals surface area (Å²) in [5.74, 6) is -0.226. The molecule has 0 bridgehead atoms. The first-order valence-electron chi connectivity index (χ1n) is 7.81. The fourth-order valence-electron chi connectivity index (χ4n) is 3.09. The molecule has 23 heavy (non-hydrogen) atoms. The highest BCUT2D eigenvalue weighted by atomic mass is 16.6. The summed E-state index contributed by atoms with van der Waals surface area (Å²) < 4.78 is 0. The smallest absolute Gasteiger partial charge is 0.276 e. The Kier molecular flexibility index (Phi) is 5.50. The Balaban J connectivity index is 1.99. The third-order valence-electron chi connectivity index (χ3n) is 4.62. The van der Waals surface area contributed by atoms with Crippen LogP contribution in [0.4, 0.5) is 5.69 Å². The summed E-state index contributed by atoms with van der Waals surface area (Å²) in [7, 11) is 4.08. The van der Waals surface area contributed by atoms with Crippen molar-refractivity contribution in [3.05, 3.63) is 46.0 Å². The van der Waals surface area contributed by atoms with E-state index in [1.54, 1.807) is 18.2 Å². The largest absolute Gasteiger partial charge is 0.351 e. The summed E-state index contributed by atoms with van der Waals surface area (Å²) in [6.45, 7) is 0.597. The second kappa shape index (κ2) is 7.37. The number of amides is 1. The molecule has 1 aromatic carbocycles. The van der Waals surface area contributed by atoms with Crippen LogP contribution < -0.4 is 5.32 Å². The molecule has 0 atom stereocenters. The summed E-state index contributed by atoms with van der Waals surface area (Å²) in [6.07, 6.45) is 7.37. The third kappa shape index (κ3) is 4.16. The monoisotopic (exact) mass is 317 g/mol. The molecule has 6 nitrogen and oxygen atoms in total. The molecule has 1 aromatic rings. The van der Waals surface area contributed by atoms with Gasteiger partial charge in [-0.15, -0.1) is 0 Å². The van der Waals surface area contributed by atoms with Crippen LogP contribution in [0.25, 0.3) is 6.08 Å². The topological polar surface area (TPSA) is 75.5 Å². The van der Waals surface area contributed by atoms with Crippen molar-refractivity contribution in [2.75, 3.05) is 20.6 Å². The van der Waals surface area contributed by atoms with Crippen LogP contribution in [0.3, 0.4) is 0 Å². The van der Waals surface area contributed by atoms with Gasteiger partial charge in [0, 0.05) is 24.2 Å². The van der Waals surface area contributed by atoms with Gasteiger partial charge in [0.1, 0.15) is 0 Å². The predicted octanol–water partition coefficient (Wildman–Crippen LogP) is 2.60. The van der Waals surface area contributed by atoms with E-state index in [9.17, 15) is 14.9 Å². The number of rotatable bonds is 6. The molecule has 6 heteroatoms. The lowest BCUT2D eigenvalue weighted by Crippen LogP contribution is -2.50. The summed E-state index contributed by atoms with van der Waals surface area (Å²) in [5, 5.41) is 13.9. The van der Waals surface area contributed by atoms with E-state index in [-0.39, 0.29) is 17.1 Å². The number of benzene rings is 1. The zero-order valence-corrected chi connectivity index (χ0v) is 13.6. The van der Waals surface area contributed by atoms with Crippen molar-refractivity contribution in [1.29, 1.82) is 0 Å². The van der Waals surface area contributed by atoms with Gasteiger partial charge in [0.2, 0.25) is 5.91 Å². The number of nitro benzene ring substituents is 1. The Hall–Kier alpha value is -2.21. The Morgan fingerprint density at radius 1 is 1.35 bits per heavy atom. The van der Waals surface area contributed by atoms with Gasteiger partial charge >= 0.3 is 0 Å². The average molecular weight is 317 g/mol. The number of hydrogen-bond acceptors (Lipinski definition) is 4. The number of carbonyl (C=O) groups is 1. The van der Waals surface area contributed by atoms with Gasteiger partial charge in [-0.2, -0.15) is 0 Å². The second-order valence-electron chi connectivity index (χ2n) is 6.19. The first kappa shape index (κ1) is 17.1. The Morgan fingerprint density at radius 3 is 2.61 bits per heavy atom. The number of carbonyl (C=O) groups excluding carboxylic acids is 1. The van der Waals surface area contributed by atoms with E-state index in [0.717, 1.165) is 12.8 Å². The van der Waals surface area contributed by atoms with Crippen molar-refractivity contribution in [2.24, 2.45) is 0 Å². The lowest BCUT2D eigenvalue weighted by atomic mass is 9.96. The summed E-state index contributed by atoms with van der Waals surface area (Å²) in [4.78, 5) is 24.7. The number of nitrogens with zero attached hydrogens (tertiary/aromatic N) is 2. The molecule has 1 saturated carbocycles. The van der Waals surface area contributed by atoms with Gasteiger partial charge in [-0.1, -0.05) is 25.0 Å². The zero-order valence-electron chi connectivity index (χ0n) is 13.6. The first-order valence-corrected chi connectivity index (χ1v) is 7.81. The predicted molar refractivity (Wildman–Crippen MR) is 90.0 cm³/mol. The summed E-state index contributed by atoms with van der Waals surface area (Å²) in [6, 6.07) is 6.37.